The van der Waals surface area contributed by atoms with Crippen LogP contribution in [-0.4, -0.2) is 11.2 Å². The molecule has 4 aliphatic carbocycles. The zero-order valence-electron chi connectivity index (χ0n) is 17.2. The molecule has 0 aromatic heterocycles. The molecule has 4 fully saturated rings. The molecular formula is C24H39NO. The van der Waals surface area contributed by atoms with Gasteiger partial charge in [-0.2, -0.15) is 5.26 Å². The zero-order valence-corrected chi connectivity index (χ0v) is 17.2. The van der Waals surface area contributed by atoms with Crippen molar-refractivity contribution in [2.45, 2.75) is 97.5 Å². The lowest BCUT2D eigenvalue weighted by Crippen LogP contribution is -2.54. The lowest BCUT2D eigenvalue weighted by molar-refractivity contribution is -0.129. The summed E-state index contributed by atoms with van der Waals surface area (Å²) in [5, 5.41) is 19.2. The molecule has 0 amide bonds. The molecule has 0 aliphatic heterocycles. The van der Waals surface area contributed by atoms with Crippen LogP contribution in [0.25, 0.3) is 0 Å². The van der Waals surface area contributed by atoms with Crippen LogP contribution < -0.4 is 0 Å². The smallest absolute Gasteiger partial charge is 0.0621 e. The molecule has 0 aromatic rings. The number of hydrogen-bond donors (Lipinski definition) is 1. The quantitative estimate of drug-likeness (QED) is 0.678. The third kappa shape index (κ3) is 2.76. The van der Waals surface area contributed by atoms with Crippen molar-refractivity contribution in [3.63, 3.8) is 0 Å². The number of fused-ring (bicyclic) bond motifs is 5. The summed E-state index contributed by atoms with van der Waals surface area (Å²) in [5.41, 5.74) is 1.02. The second kappa shape index (κ2) is 6.80. The van der Waals surface area contributed by atoms with Crippen LogP contribution in [0.3, 0.4) is 0 Å². The van der Waals surface area contributed by atoms with E-state index in [0.29, 0.717) is 16.7 Å². The van der Waals surface area contributed by atoms with Crippen molar-refractivity contribution in [1.29, 1.82) is 5.26 Å². The fraction of sp³-hybridized carbons (Fsp3) is 0.958. The van der Waals surface area contributed by atoms with Gasteiger partial charge in [-0.25, -0.2) is 0 Å². The van der Waals surface area contributed by atoms with Crippen LogP contribution in [0.4, 0.5) is 0 Å². The fourth-order valence-electron chi connectivity index (χ4n) is 8.70. The maximum Gasteiger partial charge on any atom is 0.0621 e. The second-order valence-electron chi connectivity index (χ2n) is 11.0. The number of rotatable bonds is 3. The van der Waals surface area contributed by atoms with Gasteiger partial charge in [0.1, 0.15) is 0 Å². The number of nitrogens with zero attached hydrogens (tertiary/aromatic N) is 1. The summed E-state index contributed by atoms with van der Waals surface area (Å²) in [6, 6.07) is 2.37. The highest BCUT2D eigenvalue weighted by Gasteiger charge is 2.60. The SMILES string of the molecule is C[C@H](CCC#N)[C@H]1CC[C@H]2[C@@H]3CC[C@@H]4C[C@H](O)CC[C@]4(C)[C@H]3CC[C@]12C. The standard InChI is InChI=1S/C24H39NO/c1-16(5-4-14-25)20-8-9-21-19-7-6-17-15-18(26)10-12-23(17,2)22(19)11-13-24(20,21)3/h16-22,26H,4-13,15H2,1-3H3/t16-,17-,18-,19+,20-,21+,22+,23+,24-/m1/s1. The van der Waals surface area contributed by atoms with Gasteiger partial charge in [-0.15, -0.1) is 0 Å². The predicted molar refractivity (Wildman–Crippen MR) is 105 cm³/mol. The van der Waals surface area contributed by atoms with Crippen molar-refractivity contribution in [1.82, 2.24) is 0 Å². The maximum atomic E-state index is 10.2. The van der Waals surface area contributed by atoms with Crippen molar-refractivity contribution < 1.29 is 5.11 Å². The number of nitriles is 1. The van der Waals surface area contributed by atoms with Gasteiger partial charge in [0.05, 0.1) is 12.2 Å². The van der Waals surface area contributed by atoms with Gasteiger partial charge in [-0.05, 0) is 111 Å². The molecule has 4 saturated carbocycles. The molecule has 2 heteroatoms. The monoisotopic (exact) mass is 357 g/mol. The van der Waals surface area contributed by atoms with E-state index in [2.05, 4.69) is 26.8 Å². The third-order valence-electron chi connectivity index (χ3n) is 10.1. The molecule has 4 rings (SSSR count). The van der Waals surface area contributed by atoms with Crippen LogP contribution in [0.5, 0.6) is 0 Å². The lowest BCUT2D eigenvalue weighted by atomic mass is 9.44. The van der Waals surface area contributed by atoms with E-state index in [9.17, 15) is 5.11 Å². The first-order valence-electron chi connectivity index (χ1n) is 11.4. The van der Waals surface area contributed by atoms with Crippen molar-refractivity contribution in [2.75, 3.05) is 0 Å². The summed E-state index contributed by atoms with van der Waals surface area (Å²) in [5.74, 6) is 5.06. The van der Waals surface area contributed by atoms with E-state index >= 15 is 0 Å². The van der Waals surface area contributed by atoms with Gasteiger partial charge >= 0.3 is 0 Å². The molecular weight excluding hydrogens is 318 g/mol. The van der Waals surface area contributed by atoms with Crippen molar-refractivity contribution in [2.24, 2.45) is 46.3 Å². The Morgan fingerprint density at radius 2 is 1.73 bits per heavy atom. The Bertz CT molecular complexity index is 567. The summed E-state index contributed by atoms with van der Waals surface area (Å²) in [7, 11) is 0. The van der Waals surface area contributed by atoms with Gasteiger partial charge in [0.15, 0.2) is 0 Å². The van der Waals surface area contributed by atoms with Crippen molar-refractivity contribution in [3.8, 4) is 6.07 Å². The first-order chi connectivity index (χ1) is 12.4. The zero-order chi connectivity index (χ0) is 18.5. The van der Waals surface area contributed by atoms with Crippen LogP contribution in [0, 0.1) is 57.7 Å². The third-order valence-corrected chi connectivity index (χ3v) is 10.1. The van der Waals surface area contributed by atoms with E-state index in [1.54, 1.807) is 0 Å². The van der Waals surface area contributed by atoms with E-state index < -0.39 is 0 Å². The van der Waals surface area contributed by atoms with Gasteiger partial charge in [0.25, 0.3) is 0 Å². The van der Waals surface area contributed by atoms with Crippen LogP contribution >= 0.6 is 0 Å². The van der Waals surface area contributed by atoms with E-state index in [0.717, 1.165) is 55.3 Å². The summed E-state index contributed by atoms with van der Waals surface area (Å²) in [6.07, 6.45) is 13.6. The molecule has 2 nitrogen and oxygen atoms in total. The van der Waals surface area contributed by atoms with Crippen molar-refractivity contribution in [3.05, 3.63) is 0 Å². The summed E-state index contributed by atoms with van der Waals surface area (Å²) < 4.78 is 0. The molecule has 0 bridgehead atoms. The first-order valence-corrected chi connectivity index (χ1v) is 11.4. The van der Waals surface area contributed by atoms with Crippen LogP contribution in [0.1, 0.15) is 91.4 Å². The Labute approximate surface area is 160 Å². The van der Waals surface area contributed by atoms with Gasteiger partial charge < -0.3 is 5.11 Å². The highest BCUT2D eigenvalue weighted by atomic mass is 16.3. The average Bonchev–Trinajstić information content (AvgIpc) is 2.97. The fourth-order valence-corrected chi connectivity index (χ4v) is 8.70. The molecule has 0 aromatic carbocycles. The minimum absolute atomic E-state index is 0.0321. The minimum atomic E-state index is -0.0321. The topological polar surface area (TPSA) is 44.0 Å². The van der Waals surface area contributed by atoms with Crippen molar-refractivity contribution >= 4 is 0 Å². The number of hydrogen-bond acceptors (Lipinski definition) is 2. The Kier molecular flexibility index (Phi) is 4.92. The predicted octanol–water partition coefficient (Wildman–Crippen LogP) is 5.95. The Hall–Kier alpha value is -0.550. The van der Waals surface area contributed by atoms with Crippen LogP contribution in [-0.2, 0) is 0 Å². The summed E-state index contributed by atoms with van der Waals surface area (Å²) in [4.78, 5) is 0. The molecule has 146 valence electrons. The first kappa shape index (κ1) is 18.8. The molecule has 0 heterocycles. The summed E-state index contributed by atoms with van der Waals surface area (Å²) in [6.45, 7) is 7.63. The molecule has 0 saturated heterocycles. The van der Waals surface area contributed by atoms with Gasteiger partial charge in [-0.1, -0.05) is 20.8 Å². The normalized spacial score (nSPS) is 51.7. The van der Waals surface area contributed by atoms with Crippen LogP contribution in [0.15, 0.2) is 0 Å². The molecule has 9 atom stereocenters. The summed E-state index contributed by atoms with van der Waals surface area (Å²) >= 11 is 0. The molecule has 0 radical (unpaired) electrons. The Morgan fingerprint density at radius 3 is 2.50 bits per heavy atom. The van der Waals surface area contributed by atoms with Gasteiger partial charge in [0.2, 0.25) is 0 Å². The Morgan fingerprint density at radius 1 is 1.00 bits per heavy atom. The number of aliphatic hydroxyl groups excluding tert-OH is 1. The molecule has 0 spiro atoms. The van der Waals surface area contributed by atoms with E-state index in [4.69, 9.17) is 5.26 Å². The second-order valence-corrected chi connectivity index (χ2v) is 11.0. The van der Waals surface area contributed by atoms with Gasteiger partial charge in [0, 0.05) is 6.42 Å². The minimum Gasteiger partial charge on any atom is -0.393 e. The van der Waals surface area contributed by atoms with Gasteiger partial charge in [-0.3, -0.25) is 0 Å². The molecule has 4 aliphatic rings. The highest BCUT2D eigenvalue weighted by molar-refractivity contribution is 5.09. The molecule has 0 unspecified atom stereocenters. The Balaban J connectivity index is 1.53. The van der Waals surface area contributed by atoms with E-state index in [1.165, 1.54) is 44.9 Å². The van der Waals surface area contributed by atoms with E-state index in [-0.39, 0.29) is 6.10 Å². The average molecular weight is 358 g/mol. The van der Waals surface area contributed by atoms with E-state index in [1.807, 2.05) is 0 Å². The maximum absolute atomic E-state index is 10.2. The number of aliphatic hydroxyl groups is 1. The lowest BCUT2D eigenvalue weighted by Gasteiger charge is -2.61. The largest absolute Gasteiger partial charge is 0.393 e. The molecule has 1 N–H and O–H groups in total. The highest BCUT2D eigenvalue weighted by Crippen LogP contribution is 2.68. The van der Waals surface area contributed by atoms with Crippen LogP contribution in [0.2, 0.25) is 0 Å². The molecule has 26 heavy (non-hydrogen) atoms.